The second kappa shape index (κ2) is 6.00. The largest absolute Gasteiger partial charge is 0.362 e. The maximum absolute atomic E-state index is 5.25. The molecule has 0 aliphatic heterocycles. The van der Waals surface area contributed by atoms with Crippen molar-refractivity contribution in [3.8, 4) is 0 Å². The van der Waals surface area contributed by atoms with E-state index in [9.17, 15) is 0 Å². The number of aromatic nitrogens is 2. The van der Waals surface area contributed by atoms with Crippen LogP contribution in [0.2, 0.25) is 0 Å². The van der Waals surface area contributed by atoms with Gasteiger partial charge in [-0.05, 0) is 32.0 Å². The lowest BCUT2D eigenvalue weighted by atomic mass is 10.1. The fourth-order valence-corrected chi connectivity index (χ4v) is 1.93. The molecule has 1 aromatic heterocycles. The molecule has 1 heterocycles. The fraction of sp³-hybridized carbons (Fsp3) is 0.667. The van der Waals surface area contributed by atoms with E-state index in [4.69, 9.17) is 12.2 Å². The highest BCUT2D eigenvalue weighted by Crippen LogP contribution is 2.15. The maximum Gasteiger partial charge on any atom is 0.166 e. The van der Waals surface area contributed by atoms with E-state index in [0.29, 0.717) is 11.0 Å². The van der Waals surface area contributed by atoms with Gasteiger partial charge in [-0.25, -0.2) is 0 Å². The molecule has 1 aromatic rings. The molecule has 0 aliphatic carbocycles. The van der Waals surface area contributed by atoms with Crippen molar-refractivity contribution in [2.24, 2.45) is 13.0 Å². The summed E-state index contributed by atoms with van der Waals surface area (Å²) in [4.78, 5) is 0. The molecule has 0 radical (unpaired) electrons. The Hall–Kier alpha value is -1.10. The quantitative estimate of drug-likeness (QED) is 0.806. The van der Waals surface area contributed by atoms with E-state index >= 15 is 0 Å². The second-order valence-corrected chi connectivity index (χ2v) is 5.22. The molecule has 0 bridgehead atoms. The molecule has 0 saturated heterocycles. The van der Waals surface area contributed by atoms with Gasteiger partial charge in [0.2, 0.25) is 0 Å². The number of hydrogen-bond donors (Lipinski definition) is 2. The first kappa shape index (κ1) is 14.0. The van der Waals surface area contributed by atoms with Crippen molar-refractivity contribution in [2.75, 3.05) is 6.54 Å². The highest BCUT2D eigenvalue weighted by molar-refractivity contribution is 7.80. The number of thiocarbonyl (C=S) groups is 1. The molecular formula is C12H22N4S. The zero-order chi connectivity index (χ0) is 13.0. The van der Waals surface area contributed by atoms with E-state index in [-0.39, 0.29) is 6.04 Å². The van der Waals surface area contributed by atoms with Gasteiger partial charge in [-0.2, -0.15) is 5.10 Å². The lowest BCUT2D eigenvalue weighted by Crippen LogP contribution is -2.38. The number of hydrogen-bond acceptors (Lipinski definition) is 2. The summed E-state index contributed by atoms with van der Waals surface area (Å²) in [5.41, 5.74) is 2.22. The zero-order valence-electron chi connectivity index (χ0n) is 11.2. The molecule has 0 amide bonds. The Labute approximate surface area is 109 Å². The van der Waals surface area contributed by atoms with Crippen LogP contribution in [0, 0.1) is 12.8 Å². The van der Waals surface area contributed by atoms with Gasteiger partial charge in [-0.15, -0.1) is 0 Å². The Bertz CT molecular complexity index is 384. The highest BCUT2D eigenvalue weighted by Gasteiger charge is 2.12. The molecule has 1 unspecified atom stereocenters. The molecule has 0 spiro atoms. The van der Waals surface area contributed by atoms with Crippen molar-refractivity contribution in [1.82, 2.24) is 20.4 Å². The van der Waals surface area contributed by atoms with E-state index in [0.717, 1.165) is 12.2 Å². The van der Waals surface area contributed by atoms with Crippen LogP contribution in [0.5, 0.6) is 0 Å². The summed E-state index contributed by atoms with van der Waals surface area (Å²) < 4.78 is 1.83. The van der Waals surface area contributed by atoms with Crippen LogP contribution in [0.15, 0.2) is 6.20 Å². The lowest BCUT2D eigenvalue weighted by Gasteiger charge is -2.17. The summed E-state index contributed by atoms with van der Waals surface area (Å²) in [6.45, 7) is 9.31. The first-order chi connectivity index (χ1) is 7.90. The van der Waals surface area contributed by atoms with Crippen LogP contribution in [0.25, 0.3) is 0 Å². The number of aryl methyl sites for hydroxylation is 2. The van der Waals surface area contributed by atoms with Gasteiger partial charge in [0.05, 0.1) is 11.7 Å². The van der Waals surface area contributed by atoms with Gasteiger partial charge in [0.1, 0.15) is 0 Å². The molecule has 5 heteroatoms. The van der Waals surface area contributed by atoms with E-state index in [1.807, 2.05) is 24.9 Å². The molecule has 1 rings (SSSR count). The molecule has 0 aromatic carbocycles. The Balaban J connectivity index is 2.51. The summed E-state index contributed by atoms with van der Waals surface area (Å²) in [6, 6.07) is 0.177. The van der Waals surface area contributed by atoms with Crippen LogP contribution in [-0.2, 0) is 7.05 Å². The summed E-state index contributed by atoms with van der Waals surface area (Å²) in [5, 5.41) is 11.5. The van der Waals surface area contributed by atoms with Crippen LogP contribution in [0.3, 0.4) is 0 Å². The van der Waals surface area contributed by atoms with E-state index < -0.39 is 0 Å². The minimum absolute atomic E-state index is 0.177. The second-order valence-electron chi connectivity index (χ2n) is 4.81. The Morgan fingerprint density at radius 3 is 2.59 bits per heavy atom. The van der Waals surface area contributed by atoms with Crippen molar-refractivity contribution in [2.45, 2.75) is 33.7 Å². The molecule has 96 valence electrons. The SMILES string of the molecule is Cc1nn(C)cc1C(C)NC(=S)NCC(C)C. The third-order valence-electron chi connectivity index (χ3n) is 2.54. The van der Waals surface area contributed by atoms with Crippen LogP contribution in [-0.4, -0.2) is 21.4 Å². The smallest absolute Gasteiger partial charge is 0.166 e. The minimum Gasteiger partial charge on any atom is -0.362 e. The van der Waals surface area contributed by atoms with Gasteiger partial charge in [0.15, 0.2) is 5.11 Å². The normalized spacial score (nSPS) is 12.6. The fourth-order valence-electron chi connectivity index (χ4n) is 1.67. The molecular weight excluding hydrogens is 232 g/mol. The lowest BCUT2D eigenvalue weighted by molar-refractivity contribution is 0.608. The molecule has 0 fully saturated rings. The Morgan fingerprint density at radius 1 is 1.47 bits per heavy atom. The van der Waals surface area contributed by atoms with Gasteiger partial charge in [-0.1, -0.05) is 13.8 Å². The van der Waals surface area contributed by atoms with Gasteiger partial charge >= 0.3 is 0 Å². The monoisotopic (exact) mass is 254 g/mol. The van der Waals surface area contributed by atoms with Crippen molar-refractivity contribution in [1.29, 1.82) is 0 Å². The van der Waals surface area contributed by atoms with Crippen LogP contribution >= 0.6 is 12.2 Å². The molecule has 2 N–H and O–H groups in total. The van der Waals surface area contributed by atoms with Crippen LogP contribution < -0.4 is 10.6 Å². The molecule has 1 atom stereocenters. The Kier molecular flexibility index (Phi) is 4.93. The third-order valence-corrected chi connectivity index (χ3v) is 2.80. The number of nitrogens with zero attached hydrogens (tertiary/aromatic N) is 2. The highest BCUT2D eigenvalue weighted by atomic mass is 32.1. The minimum atomic E-state index is 0.177. The van der Waals surface area contributed by atoms with E-state index in [1.165, 1.54) is 5.56 Å². The average Bonchev–Trinajstić information content (AvgIpc) is 2.55. The van der Waals surface area contributed by atoms with E-state index in [1.54, 1.807) is 0 Å². The molecule has 0 saturated carbocycles. The van der Waals surface area contributed by atoms with E-state index in [2.05, 4.69) is 36.5 Å². The molecule has 17 heavy (non-hydrogen) atoms. The van der Waals surface area contributed by atoms with Crippen LogP contribution in [0.4, 0.5) is 0 Å². The van der Waals surface area contributed by atoms with Crippen molar-refractivity contribution < 1.29 is 0 Å². The standard InChI is InChI=1S/C12H22N4S/c1-8(2)6-13-12(17)14-9(3)11-7-16(5)15-10(11)4/h7-9H,6H2,1-5H3,(H2,13,14,17). The van der Waals surface area contributed by atoms with Gasteiger partial charge in [0, 0.05) is 25.4 Å². The van der Waals surface area contributed by atoms with Gasteiger partial charge in [0.25, 0.3) is 0 Å². The average molecular weight is 254 g/mol. The zero-order valence-corrected chi connectivity index (χ0v) is 12.1. The summed E-state index contributed by atoms with van der Waals surface area (Å²) in [7, 11) is 1.93. The first-order valence-electron chi connectivity index (χ1n) is 5.94. The molecule has 4 nitrogen and oxygen atoms in total. The van der Waals surface area contributed by atoms with Crippen LogP contribution in [0.1, 0.15) is 38.1 Å². The number of rotatable bonds is 4. The van der Waals surface area contributed by atoms with Crippen molar-refractivity contribution in [3.05, 3.63) is 17.5 Å². The molecule has 0 aliphatic rings. The number of nitrogens with one attached hydrogen (secondary N) is 2. The van der Waals surface area contributed by atoms with Crippen molar-refractivity contribution in [3.63, 3.8) is 0 Å². The third kappa shape index (κ3) is 4.34. The topological polar surface area (TPSA) is 41.9 Å². The summed E-state index contributed by atoms with van der Waals surface area (Å²) >= 11 is 5.25. The van der Waals surface area contributed by atoms with Gasteiger partial charge in [-0.3, -0.25) is 4.68 Å². The van der Waals surface area contributed by atoms with Crippen molar-refractivity contribution >= 4 is 17.3 Å². The predicted molar refractivity (Wildman–Crippen MR) is 74.9 cm³/mol. The predicted octanol–water partition coefficient (Wildman–Crippen LogP) is 1.91. The maximum atomic E-state index is 5.25. The first-order valence-corrected chi connectivity index (χ1v) is 6.35. The summed E-state index contributed by atoms with van der Waals surface area (Å²) in [6.07, 6.45) is 2.03. The summed E-state index contributed by atoms with van der Waals surface area (Å²) in [5.74, 6) is 0.588. The Morgan fingerprint density at radius 2 is 2.12 bits per heavy atom. The van der Waals surface area contributed by atoms with Gasteiger partial charge < -0.3 is 10.6 Å².